The molecule has 0 saturated carbocycles. The highest BCUT2D eigenvalue weighted by molar-refractivity contribution is 7.99. The van der Waals surface area contributed by atoms with E-state index in [2.05, 4.69) is 4.98 Å². The average molecular weight is 303 g/mol. The van der Waals surface area contributed by atoms with E-state index in [4.69, 9.17) is 11.6 Å². The number of fused-ring (bicyclic) bond motifs is 1. The maximum atomic E-state index is 12.5. The van der Waals surface area contributed by atoms with Gasteiger partial charge in [-0.25, -0.2) is 4.98 Å². The first-order valence-corrected chi connectivity index (χ1v) is 7.26. The fourth-order valence-corrected chi connectivity index (χ4v) is 3.00. The van der Waals surface area contributed by atoms with Crippen molar-refractivity contribution in [2.45, 2.75) is 16.7 Å². The maximum Gasteiger partial charge on any atom is 0.272 e. The van der Waals surface area contributed by atoms with Gasteiger partial charge < -0.3 is 0 Å². The lowest BCUT2D eigenvalue weighted by atomic mass is 10.4. The minimum atomic E-state index is -0.0937. The number of nitrogens with zero attached hydrogens (tertiary/aromatic N) is 2. The Kier molecular flexibility index (Phi) is 3.51. The van der Waals surface area contributed by atoms with E-state index >= 15 is 0 Å². The van der Waals surface area contributed by atoms with E-state index in [9.17, 15) is 4.79 Å². The molecule has 3 rings (SSSR count). The van der Waals surface area contributed by atoms with Gasteiger partial charge in [0, 0.05) is 11.1 Å². The van der Waals surface area contributed by atoms with E-state index in [-0.39, 0.29) is 5.56 Å². The molecule has 0 saturated heterocycles. The predicted molar refractivity (Wildman–Crippen MR) is 81.8 cm³/mol. The Balaban J connectivity index is 2.18. The highest BCUT2D eigenvalue weighted by atomic mass is 35.5. The summed E-state index contributed by atoms with van der Waals surface area (Å²) in [6, 6.07) is 13.2. The van der Waals surface area contributed by atoms with Crippen LogP contribution >= 0.6 is 23.4 Å². The lowest BCUT2D eigenvalue weighted by Crippen LogP contribution is -2.18. The molecule has 0 aliphatic heterocycles. The second-order valence-corrected chi connectivity index (χ2v) is 5.84. The first-order valence-electron chi connectivity index (χ1n) is 6.06. The Bertz CT molecular complexity index is 830. The molecule has 0 atom stereocenters. The first-order chi connectivity index (χ1) is 9.65. The van der Waals surface area contributed by atoms with E-state index in [1.165, 1.54) is 16.2 Å². The van der Waals surface area contributed by atoms with Gasteiger partial charge in [0.25, 0.3) is 5.56 Å². The molecule has 1 aromatic carbocycles. The normalized spacial score (nSPS) is 10.9. The highest BCUT2D eigenvalue weighted by Crippen LogP contribution is 2.26. The van der Waals surface area contributed by atoms with Gasteiger partial charge in [0.1, 0.15) is 5.65 Å². The van der Waals surface area contributed by atoms with Crippen molar-refractivity contribution in [2.75, 3.05) is 0 Å². The standard InChI is InChI=1S/C15H11ClN2OS/c1-10-14(20-12-5-3-2-4-6-12)15(19)18-9-11(16)7-8-13(18)17-10/h2-9H,1H3. The third-order valence-electron chi connectivity index (χ3n) is 2.88. The highest BCUT2D eigenvalue weighted by Gasteiger charge is 2.11. The van der Waals surface area contributed by atoms with Crippen LogP contribution in [0.5, 0.6) is 0 Å². The molecule has 100 valence electrons. The quantitative estimate of drug-likeness (QED) is 0.722. The van der Waals surface area contributed by atoms with Crippen LogP contribution in [0.2, 0.25) is 5.02 Å². The molecule has 0 spiro atoms. The van der Waals surface area contributed by atoms with E-state index in [0.29, 0.717) is 15.6 Å². The molecule has 20 heavy (non-hydrogen) atoms. The van der Waals surface area contributed by atoms with Crippen molar-refractivity contribution in [1.29, 1.82) is 0 Å². The molecule has 0 aliphatic carbocycles. The lowest BCUT2D eigenvalue weighted by Gasteiger charge is -2.07. The van der Waals surface area contributed by atoms with Crippen molar-refractivity contribution in [3.63, 3.8) is 0 Å². The summed E-state index contributed by atoms with van der Waals surface area (Å²) >= 11 is 7.37. The second kappa shape index (κ2) is 5.31. The maximum absolute atomic E-state index is 12.5. The van der Waals surface area contributed by atoms with Crippen molar-refractivity contribution < 1.29 is 0 Å². The summed E-state index contributed by atoms with van der Waals surface area (Å²) < 4.78 is 1.49. The average Bonchev–Trinajstić information content (AvgIpc) is 2.46. The zero-order chi connectivity index (χ0) is 14.1. The Hall–Kier alpha value is -1.78. The third-order valence-corrected chi connectivity index (χ3v) is 4.28. The van der Waals surface area contributed by atoms with Crippen LogP contribution in [0.3, 0.4) is 0 Å². The monoisotopic (exact) mass is 302 g/mol. The number of aryl methyl sites for hydroxylation is 1. The molecule has 0 radical (unpaired) electrons. The Morgan fingerprint density at radius 3 is 2.65 bits per heavy atom. The zero-order valence-electron chi connectivity index (χ0n) is 10.7. The van der Waals surface area contributed by atoms with Gasteiger partial charge in [0.2, 0.25) is 0 Å². The number of hydrogen-bond acceptors (Lipinski definition) is 3. The molecule has 5 heteroatoms. The smallest absolute Gasteiger partial charge is 0.268 e. The summed E-state index contributed by atoms with van der Waals surface area (Å²) in [6.07, 6.45) is 1.60. The van der Waals surface area contributed by atoms with Gasteiger partial charge in [0.15, 0.2) is 0 Å². The van der Waals surface area contributed by atoms with Gasteiger partial charge >= 0.3 is 0 Å². The molecule has 0 unspecified atom stereocenters. The topological polar surface area (TPSA) is 34.4 Å². The van der Waals surface area contributed by atoms with Crippen LogP contribution in [0, 0.1) is 6.92 Å². The molecule has 2 heterocycles. The molecule has 0 bridgehead atoms. The summed E-state index contributed by atoms with van der Waals surface area (Å²) in [5, 5.41) is 0.515. The summed E-state index contributed by atoms with van der Waals surface area (Å²) in [4.78, 5) is 18.6. The van der Waals surface area contributed by atoms with E-state index in [0.717, 1.165) is 10.6 Å². The molecular formula is C15H11ClN2OS. The zero-order valence-corrected chi connectivity index (χ0v) is 12.3. The number of hydrogen-bond donors (Lipinski definition) is 0. The van der Waals surface area contributed by atoms with Crippen LogP contribution in [0.25, 0.3) is 5.65 Å². The van der Waals surface area contributed by atoms with Crippen LogP contribution in [0.1, 0.15) is 5.69 Å². The Labute approximate surface area is 125 Å². The molecule has 0 amide bonds. The minimum absolute atomic E-state index is 0.0937. The van der Waals surface area contributed by atoms with Gasteiger partial charge in [-0.1, -0.05) is 41.6 Å². The number of halogens is 1. The van der Waals surface area contributed by atoms with Crippen molar-refractivity contribution in [2.24, 2.45) is 0 Å². The second-order valence-electron chi connectivity index (χ2n) is 4.32. The van der Waals surface area contributed by atoms with Crippen LogP contribution in [0.4, 0.5) is 0 Å². The van der Waals surface area contributed by atoms with Crippen LogP contribution < -0.4 is 5.56 Å². The summed E-state index contributed by atoms with van der Waals surface area (Å²) in [5.41, 5.74) is 1.24. The number of pyridine rings is 1. The van der Waals surface area contributed by atoms with Gasteiger partial charge in [-0.2, -0.15) is 0 Å². The van der Waals surface area contributed by atoms with E-state index in [1.54, 1.807) is 18.3 Å². The predicted octanol–water partition coefficient (Wildman–Crippen LogP) is 3.81. The van der Waals surface area contributed by atoms with Crippen LogP contribution in [-0.4, -0.2) is 9.38 Å². The van der Waals surface area contributed by atoms with Gasteiger partial charge in [-0.3, -0.25) is 9.20 Å². The van der Waals surface area contributed by atoms with Crippen LogP contribution in [-0.2, 0) is 0 Å². The minimum Gasteiger partial charge on any atom is -0.268 e. The van der Waals surface area contributed by atoms with Gasteiger partial charge in [0.05, 0.1) is 15.6 Å². The summed E-state index contributed by atoms with van der Waals surface area (Å²) in [7, 11) is 0. The molecule has 0 aliphatic rings. The number of benzene rings is 1. The fraction of sp³-hybridized carbons (Fsp3) is 0.0667. The first kappa shape index (κ1) is 13.2. The Morgan fingerprint density at radius 1 is 1.15 bits per heavy atom. The molecule has 0 fully saturated rings. The van der Waals surface area contributed by atoms with Crippen molar-refractivity contribution >= 4 is 29.0 Å². The largest absolute Gasteiger partial charge is 0.272 e. The Morgan fingerprint density at radius 2 is 1.90 bits per heavy atom. The molecule has 3 aromatic rings. The van der Waals surface area contributed by atoms with Crippen LogP contribution in [0.15, 0.2) is 63.2 Å². The third kappa shape index (κ3) is 2.44. The van der Waals surface area contributed by atoms with Gasteiger partial charge in [-0.05, 0) is 31.2 Å². The lowest BCUT2D eigenvalue weighted by molar-refractivity contribution is 0.948. The van der Waals surface area contributed by atoms with Crippen molar-refractivity contribution in [1.82, 2.24) is 9.38 Å². The van der Waals surface area contributed by atoms with Crippen molar-refractivity contribution in [3.05, 3.63) is 69.7 Å². The van der Waals surface area contributed by atoms with E-state index < -0.39 is 0 Å². The molecule has 0 N–H and O–H groups in total. The van der Waals surface area contributed by atoms with Gasteiger partial charge in [-0.15, -0.1) is 0 Å². The molecule has 2 aromatic heterocycles. The number of aromatic nitrogens is 2. The summed E-state index contributed by atoms with van der Waals surface area (Å²) in [6.45, 7) is 1.85. The summed E-state index contributed by atoms with van der Waals surface area (Å²) in [5.74, 6) is 0. The number of rotatable bonds is 2. The molecule has 3 nitrogen and oxygen atoms in total. The molecular weight excluding hydrogens is 292 g/mol. The van der Waals surface area contributed by atoms with E-state index in [1.807, 2.05) is 37.3 Å². The fourth-order valence-electron chi connectivity index (χ4n) is 1.93. The SMILES string of the molecule is Cc1nc2ccc(Cl)cn2c(=O)c1Sc1ccccc1. The van der Waals surface area contributed by atoms with Crippen molar-refractivity contribution in [3.8, 4) is 0 Å².